The number of hydrogen-bond acceptors (Lipinski definition) is 3. The summed E-state index contributed by atoms with van der Waals surface area (Å²) < 4.78 is 11.1. The number of carbonyl (C=O) groups is 1. The molecule has 1 N–H and O–H groups in total. The molecular weight excluding hydrogens is 362 g/mol. The molecule has 27 heavy (non-hydrogen) atoms. The Kier molecular flexibility index (Phi) is 5.67. The third-order valence-corrected chi connectivity index (χ3v) is 4.48. The number of hydrogen-bond donors (Lipinski definition) is 1. The van der Waals surface area contributed by atoms with E-state index in [1.165, 1.54) is 0 Å². The van der Waals surface area contributed by atoms with E-state index in [1.807, 2.05) is 26.0 Å². The summed E-state index contributed by atoms with van der Waals surface area (Å²) in [5, 5.41) is 3.39. The predicted octanol–water partition coefficient (Wildman–Crippen LogP) is 6.01. The predicted molar refractivity (Wildman–Crippen MR) is 108 cm³/mol. The van der Waals surface area contributed by atoms with E-state index >= 15 is 0 Å². The van der Waals surface area contributed by atoms with Crippen LogP contribution >= 0.6 is 11.6 Å². The molecule has 0 bridgehead atoms. The summed E-state index contributed by atoms with van der Waals surface area (Å²) in [7, 11) is 1.61. The molecule has 0 radical (unpaired) electrons. The number of ether oxygens (including phenoxy) is 2. The number of halogens is 1. The van der Waals surface area contributed by atoms with Gasteiger partial charge in [0.15, 0.2) is 5.75 Å². The lowest BCUT2D eigenvalue weighted by Gasteiger charge is -2.13. The van der Waals surface area contributed by atoms with Crippen molar-refractivity contribution in [2.75, 3.05) is 12.4 Å². The number of amides is 1. The highest BCUT2D eigenvalue weighted by Gasteiger charge is 2.12. The number of anilines is 1. The molecule has 0 atom stereocenters. The van der Waals surface area contributed by atoms with Crippen LogP contribution in [0, 0.1) is 13.8 Å². The fraction of sp³-hybridized carbons (Fsp3) is 0.136. The topological polar surface area (TPSA) is 47.6 Å². The van der Waals surface area contributed by atoms with Gasteiger partial charge in [0.2, 0.25) is 0 Å². The fourth-order valence-corrected chi connectivity index (χ4v) is 2.71. The zero-order chi connectivity index (χ0) is 19.4. The Morgan fingerprint density at radius 2 is 1.59 bits per heavy atom. The Bertz CT molecular complexity index is 968. The van der Waals surface area contributed by atoms with E-state index in [0.29, 0.717) is 27.8 Å². The molecular formula is C22H20ClNO3. The summed E-state index contributed by atoms with van der Waals surface area (Å²) in [4.78, 5) is 12.7. The van der Waals surface area contributed by atoms with Gasteiger partial charge in [0.25, 0.3) is 5.91 Å². The molecule has 138 valence electrons. The van der Waals surface area contributed by atoms with Crippen LogP contribution in [0.2, 0.25) is 5.02 Å². The minimum atomic E-state index is -0.222. The molecule has 0 fully saturated rings. The molecule has 0 spiro atoms. The van der Waals surface area contributed by atoms with Crippen LogP contribution in [0.15, 0.2) is 60.7 Å². The third kappa shape index (κ3) is 4.60. The first-order valence-electron chi connectivity index (χ1n) is 8.46. The average molecular weight is 382 g/mol. The van der Waals surface area contributed by atoms with Crippen molar-refractivity contribution >= 4 is 23.2 Å². The van der Waals surface area contributed by atoms with Crippen LogP contribution in [0.3, 0.4) is 0 Å². The average Bonchev–Trinajstić information content (AvgIpc) is 2.66. The van der Waals surface area contributed by atoms with Crippen molar-refractivity contribution in [3.63, 3.8) is 0 Å². The van der Waals surface area contributed by atoms with E-state index in [2.05, 4.69) is 5.32 Å². The van der Waals surface area contributed by atoms with Gasteiger partial charge in [-0.15, -0.1) is 0 Å². The van der Waals surface area contributed by atoms with Crippen LogP contribution in [-0.2, 0) is 0 Å². The normalized spacial score (nSPS) is 10.4. The van der Waals surface area contributed by atoms with Crippen LogP contribution in [0.5, 0.6) is 17.2 Å². The number of methoxy groups -OCH3 is 1. The Hall–Kier alpha value is -2.98. The second-order valence-electron chi connectivity index (χ2n) is 6.17. The number of rotatable bonds is 5. The van der Waals surface area contributed by atoms with Crippen molar-refractivity contribution < 1.29 is 14.3 Å². The lowest BCUT2D eigenvalue weighted by Crippen LogP contribution is -2.13. The van der Waals surface area contributed by atoms with Gasteiger partial charge in [0.1, 0.15) is 11.5 Å². The molecule has 0 saturated carbocycles. The van der Waals surface area contributed by atoms with E-state index in [1.54, 1.807) is 55.6 Å². The van der Waals surface area contributed by atoms with Crippen molar-refractivity contribution in [1.82, 2.24) is 0 Å². The van der Waals surface area contributed by atoms with Crippen molar-refractivity contribution in [3.05, 3.63) is 82.4 Å². The van der Waals surface area contributed by atoms with Gasteiger partial charge in [0.05, 0.1) is 12.8 Å². The Labute approximate surface area is 163 Å². The van der Waals surface area contributed by atoms with E-state index in [9.17, 15) is 4.79 Å². The molecule has 1 amide bonds. The molecule has 0 aliphatic heterocycles. The van der Waals surface area contributed by atoms with Crippen LogP contribution in [0.4, 0.5) is 5.69 Å². The van der Waals surface area contributed by atoms with Gasteiger partial charge in [0, 0.05) is 10.6 Å². The number of aryl methyl sites for hydroxylation is 2. The van der Waals surface area contributed by atoms with Gasteiger partial charge in [-0.05, 0) is 79.6 Å². The molecule has 5 heteroatoms. The smallest absolute Gasteiger partial charge is 0.255 e. The highest BCUT2D eigenvalue weighted by molar-refractivity contribution is 6.31. The molecule has 0 saturated heterocycles. The summed E-state index contributed by atoms with van der Waals surface area (Å²) in [5.41, 5.74) is 3.27. The van der Waals surface area contributed by atoms with Crippen molar-refractivity contribution in [1.29, 1.82) is 0 Å². The van der Waals surface area contributed by atoms with Gasteiger partial charge in [-0.25, -0.2) is 0 Å². The van der Waals surface area contributed by atoms with Crippen LogP contribution in [0.1, 0.15) is 21.5 Å². The van der Waals surface area contributed by atoms with E-state index < -0.39 is 0 Å². The maximum atomic E-state index is 12.7. The molecule has 4 nitrogen and oxygen atoms in total. The maximum absolute atomic E-state index is 12.7. The largest absolute Gasteiger partial charge is 0.497 e. The van der Waals surface area contributed by atoms with Gasteiger partial charge < -0.3 is 14.8 Å². The molecule has 0 heterocycles. The minimum absolute atomic E-state index is 0.222. The SMILES string of the molecule is COc1ccc(Oc2ccc(Cl)cc2NC(=O)c2ccc(C)c(C)c2)cc1. The Morgan fingerprint density at radius 1 is 0.889 bits per heavy atom. The lowest BCUT2D eigenvalue weighted by atomic mass is 10.1. The summed E-state index contributed by atoms with van der Waals surface area (Å²) >= 11 is 6.11. The second-order valence-corrected chi connectivity index (χ2v) is 6.61. The van der Waals surface area contributed by atoms with Crippen LogP contribution in [0.25, 0.3) is 0 Å². The summed E-state index contributed by atoms with van der Waals surface area (Å²) in [6.07, 6.45) is 0. The number of carbonyl (C=O) groups excluding carboxylic acids is 1. The fourth-order valence-electron chi connectivity index (χ4n) is 2.54. The van der Waals surface area contributed by atoms with Crippen molar-refractivity contribution in [2.24, 2.45) is 0 Å². The standard InChI is InChI=1S/C22H20ClNO3/c1-14-4-5-16(12-15(14)2)22(25)24-20-13-17(23)6-11-21(20)27-19-9-7-18(26-3)8-10-19/h4-13H,1-3H3,(H,24,25). The summed E-state index contributed by atoms with van der Waals surface area (Å²) in [6.45, 7) is 3.98. The first kappa shape index (κ1) is 18.8. The van der Waals surface area contributed by atoms with Crippen LogP contribution in [-0.4, -0.2) is 13.0 Å². The molecule has 0 unspecified atom stereocenters. The zero-order valence-corrected chi connectivity index (χ0v) is 16.1. The molecule has 0 aliphatic rings. The quantitative estimate of drug-likeness (QED) is 0.588. The van der Waals surface area contributed by atoms with Crippen molar-refractivity contribution in [2.45, 2.75) is 13.8 Å². The maximum Gasteiger partial charge on any atom is 0.255 e. The Balaban J connectivity index is 1.84. The molecule has 3 aromatic rings. The van der Waals surface area contributed by atoms with E-state index in [-0.39, 0.29) is 5.91 Å². The summed E-state index contributed by atoms with van der Waals surface area (Å²) in [6, 6.07) is 17.9. The minimum Gasteiger partial charge on any atom is -0.497 e. The van der Waals surface area contributed by atoms with Gasteiger partial charge in [-0.1, -0.05) is 17.7 Å². The molecule has 3 rings (SSSR count). The number of nitrogens with one attached hydrogen (secondary N) is 1. The number of benzene rings is 3. The first-order chi connectivity index (χ1) is 13.0. The van der Waals surface area contributed by atoms with E-state index in [4.69, 9.17) is 21.1 Å². The highest BCUT2D eigenvalue weighted by atomic mass is 35.5. The van der Waals surface area contributed by atoms with Gasteiger partial charge >= 0.3 is 0 Å². The lowest BCUT2D eigenvalue weighted by molar-refractivity contribution is 0.102. The highest BCUT2D eigenvalue weighted by Crippen LogP contribution is 2.33. The first-order valence-corrected chi connectivity index (χ1v) is 8.84. The Morgan fingerprint density at radius 3 is 2.26 bits per heavy atom. The van der Waals surface area contributed by atoms with Crippen LogP contribution < -0.4 is 14.8 Å². The summed E-state index contributed by atoms with van der Waals surface area (Å²) in [5.74, 6) is 1.64. The zero-order valence-electron chi connectivity index (χ0n) is 15.4. The molecule has 0 aliphatic carbocycles. The van der Waals surface area contributed by atoms with Gasteiger partial charge in [-0.2, -0.15) is 0 Å². The van der Waals surface area contributed by atoms with E-state index in [0.717, 1.165) is 16.9 Å². The molecule has 3 aromatic carbocycles. The third-order valence-electron chi connectivity index (χ3n) is 4.25. The molecule has 0 aromatic heterocycles. The monoisotopic (exact) mass is 381 g/mol. The van der Waals surface area contributed by atoms with Gasteiger partial charge in [-0.3, -0.25) is 4.79 Å². The van der Waals surface area contributed by atoms with Crippen molar-refractivity contribution in [3.8, 4) is 17.2 Å². The second kappa shape index (κ2) is 8.14.